The lowest BCUT2D eigenvalue weighted by Crippen LogP contribution is -2.08. The summed E-state index contributed by atoms with van der Waals surface area (Å²) in [5, 5.41) is 9.63. The first-order valence-electron chi connectivity index (χ1n) is 6.79. The molecule has 1 heterocycles. The van der Waals surface area contributed by atoms with E-state index in [1.54, 1.807) is 6.92 Å². The minimum absolute atomic E-state index is 0.431. The smallest absolute Gasteiger partial charge is 0.125 e. The number of ether oxygens (including phenoxy) is 2. The molecule has 1 N–H and O–H groups in total. The van der Waals surface area contributed by atoms with Gasteiger partial charge in [0.2, 0.25) is 0 Å². The third-order valence-corrected chi connectivity index (χ3v) is 3.32. The van der Waals surface area contributed by atoms with Crippen LogP contribution in [0.5, 0.6) is 5.75 Å². The molecule has 0 bridgehead atoms. The zero-order chi connectivity index (χ0) is 12.8. The molecule has 2 rings (SSSR count). The van der Waals surface area contributed by atoms with Crippen LogP contribution < -0.4 is 4.74 Å². The Hall–Kier alpha value is -1.06. The van der Waals surface area contributed by atoms with Crippen molar-refractivity contribution in [3.05, 3.63) is 29.8 Å². The second kappa shape index (κ2) is 6.76. The van der Waals surface area contributed by atoms with Crippen LogP contribution >= 0.6 is 0 Å². The number of aliphatic hydroxyl groups excluding tert-OH is 1. The predicted octanol–water partition coefficient (Wildman–Crippen LogP) is 3.08. The van der Waals surface area contributed by atoms with Crippen molar-refractivity contribution in [3.63, 3.8) is 0 Å². The zero-order valence-corrected chi connectivity index (χ0v) is 11.0. The molecule has 0 saturated carbocycles. The molecule has 0 aliphatic carbocycles. The molecule has 1 saturated heterocycles. The standard InChI is InChI=1S/C15H22O3/c1-12(16)14-8-2-3-9-15(14)18-11-5-7-13-6-4-10-17-13/h2-3,8-9,12-13,16H,4-7,10-11H2,1H3/t12-,13?/m0/s1. The Morgan fingerprint density at radius 1 is 1.44 bits per heavy atom. The van der Waals surface area contributed by atoms with E-state index in [4.69, 9.17) is 9.47 Å². The highest BCUT2D eigenvalue weighted by atomic mass is 16.5. The Balaban J connectivity index is 1.75. The van der Waals surface area contributed by atoms with Crippen LogP contribution in [0.3, 0.4) is 0 Å². The third kappa shape index (κ3) is 3.72. The molecule has 1 aromatic carbocycles. The van der Waals surface area contributed by atoms with Gasteiger partial charge in [0.1, 0.15) is 5.75 Å². The molecule has 1 aliphatic heterocycles. The van der Waals surface area contributed by atoms with E-state index in [0.717, 1.165) is 30.8 Å². The van der Waals surface area contributed by atoms with E-state index in [2.05, 4.69) is 0 Å². The first-order valence-corrected chi connectivity index (χ1v) is 6.79. The molecule has 1 aromatic rings. The van der Waals surface area contributed by atoms with E-state index >= 15 is 0 Å². The minimum Gasteiger partial charge on any atom is -0.493 e. The molecule has 100 valence electrons. The largest absolute Gasteiger partial charge is 0.493 e. The Kier molecular flexibility index (Phi) is 5.02. The summed E-state index contributed by atoms with van der Waals surface area (Å²) < 4.78 is 11.3. The summed E-state index contributed by atoms with van der Waals surface area (Å²) in [6, 6.07) is 7.66. The van der Waals surface area contributed by atoms with Gasteiger partial charge in [0.15, 0.2) is 0 Å². The molecule has 0 amide bonds. The Bertz CT molecular complexity index is 357. The van der Waals surface area contributed by atoms with Gasteiger partial charge in [-0.25, -0.2) is 0 Å². The molecule has 0 radical (unpaired) electrons. The van der Waals surface area contributed by atoms with E-state index in [-0.39, 0.29) is 0 Å². The zero-order valence-electron chi connectivity index (χ0n) is 11.0. The summed E-state index contributed by atoms with van der Waals surface area (Å²) in [7, 11) is 0. The quantitative estimate of drug-likeness (QED) is 0.789. The van der Waals surface area contributed by atoms with Crippen LogP contribution in [0.1, 0.15) is 44.3 Å². The van der Waals surface area contributed by atoms with E-state index < -0.39 is 6.10 Å². The minimum atomic E-state index is -0.487. The number of para-hydroxylation sites is 1. The summed E-state index contributed by atoms with van der Waals surface area (Å²) in [6.45, 7) is 3.36. The summed E-state index contributed by atoms with van der Waals surface area (Å²) in [4.78, 5) is 0. The van der Waals surface area contributed by atoms with Crippen molar-refractivity contribution in [2.24, 2.45) is 0 Å². The SMILES string of the molecule is C[C@H](O)c1ccccc1OCCCC1CCCO1. The van der Waals surface area contributed by atoms with Crippen molar-refractivity contribution in [3.8, 4) is 5.75 Å². The average molecular weight is 250 g/mol. The third-order valence-electron chi connectivity index (χ3n) is 3.32. The van der Waals surface area contributed by atoms with Crippen LogP contribution in [-0.2, 0) is 4.74 Å². The molecule has 1 unspecified atom stereocenters. The lowest BCUT2D eigenvalue weighted by molar-refractivity contribution is 0.0978. The van der Waals surface area contributed by atoms with Gasteiger partial charge in [0.25, 0.3) is 0 Å². The number of benzene rings is 1. The van der Waals surface area contributed by atoms with Crippen molar-refractivity contribution >= 4 is 0 Å². The van der Waals surface area contributed by atoms with Crippen LogP contribution in [0.15, 0.2) is 24.3 Å². The van der Waals surface area contributed by atoms with Gasteiger partial charge >= 0.3 is 0 Å². The van der Waals surface area contributed by atoms with Gasteiger partial charge in [-0.3, -0.25) is 0 Å². The molecule has 2 atom stereocenters. The first kappa shape index (κ1) is 13.4. The van der Waals surface area contributed by atoms with Gasteiger partial charge in [-0.2, -0.15) is 0 Å². The van der Waals surface area contributed by atoms with Crippen molar-refractivity contribution in [1.82, 2.24) is 0 Å². The van der Waals surface area contributed by atoms with Crippen LogP contribution in [0.25, 0.3) is 0 Å². The van der Waals surface area contributed by atoms with Crippen molar-refractivity contribution in [1.29, 1.82) is 0 Å². The summed E-state index contributed by atoms with van der Waals surface area (Å²) in [5.41, 5.74) is 0.856. The molecule has 1 fully saturated rings. The Morgan fingerprint density at radius 2 is 2.28 bits per heavy atom. The maximum absolute atomic E-state index is 9.63. The number of aliphatic hydroxyl groups is 1. The molecule has 3 nitrogen and oxygen atoms in total. The summed E-state index contributed by atoms with van der Waals surface area (Å²) in [5.74, 6) is 0.792. The fraction of sp³-hybridized carbons (Fsp3) is 0.600. The molecule has 3 heteroatoms. The maximum Gasteiger partial charge on any atom is 0.125 e. The lowest BCUT2D eigenvalue weighted by Gasteiger charge is -2.14. The molecular weight excluding hydrogens is 228 g/mol. The van der Waals surface area contributed by atoms with Crippen LogP contribution in [0.4, 0.5) is 0 Å². The first-order chi connectivity index (χ1) is 8.77. The molecular formula is C15H22O3. The fourth-order valence-corrected chi connectivity index (χ4v) is 2.32. The number of hydrogen-bond acceptors (Lipinski definition) is 3. The van der Waals surface area contributed by atoms with E-state index in [1.165, 1.54) is 12.8 Å². The lowest BCUT2D eigenvalue weighted by atomic mass is 10.1. The highest BCUT2D eigenvalue weighted by molar-refractivity contribution is 5.34. The van der Waals surface area contributed by atoms with Gasteiger partial charge in [-0.15, -0.1) is 0 Å². The summed E-state index contributed by atoms with van der Waals surface area (Å²) in [6.07, 6.45) is 4.39. The monoisotopic (exact) mass is 250 g/mol. The predicted molar refractivity (Wildman–Crippen MR) is 70.8 cm³/mol. The van der Waals surface area contributed by atoms with Gasteiger partial charge < -0.3 is 14.6 Å². The normalized spacial score (nSPS) is 20.9. The highest BCUT2D eigenvalue weighted by Crippen LogP contribution is 2.25. The topological polar surface area (TPSA) is 38.7 Å². The van der Waals surface area contributed by atoms with Crippen molar-refractivity contribution in [2.45, 2.75) is 44.8 Å². The highest BCUT2D eigenvalue weighted by Gasteiger charge is 2.15. The van der Waals surface area contributed by atoms with Gasteiger partial charge in [0, 0.05) is 12.2 Å². The van der Waals surface area contributed by atoms with Gasteiger partial charge in [-0.05, 0) is 38.7 Å². The van der Waals surface area contributed by atoms with Crippen molar-refractivity contribution in [2.75, 3.05) is 13.2 Å². The molecule has 0 spiro atoms. The van der Waals surface area contributed by atoms with E-state index in [0.29, 0.717) is 12.7 Å². The van der Waals surface area contributed by atoms with Gasteiger partial charge in [-0.1, -0.05) is 18.2 Å². The molecule has 18 heavy (non-hydrogen) atoms. The van der Waals surface area contributed by atoms with Gasteiger partial charge in [0.05, 0.1) is 18.8 Å². The average Bonchev–Trinajstić information content (AvgIpc) is 2.88. The maximum atomic E-state index is 9.63. The number of hydrogen-bond donors (Lipinski definition) is 1. The Labute approximate surface area is 109 Å². The van der Waals surface area contributed by atoms with Crippen LogP contribution in [0, 0.1) is 0 Å². The van der Waals surface area contributed by atoms with Crippen molar-refractivity contribution < 1.29 is 14.6 Å². The second-order valence-electron chi connectivity index (χ2n) is 4.84. The Morgan fingerprint density at radius 3 is 3.00 bits per heavy atom. The summed E-state index contributed by atoms with van der Waals surface area (Å²) >= 11 is 0. The molecule has 1 aliphatic rings. The number of rotatable bonds is 6. The van der Waals surface area contributed by atoms with Crippen LogP contribution in [0.2, 0.25) is 0 Å². The fourth-order valence-electron chi connectivity index (χ4n) is 2.32. The van der Waals surface area contributed by atoms with Crippen LogP contribution in [-0.4, -0.2) is 24.4 Å². The molecule has 0 aromatic heterocycles. The second-order valence-corrected chi connectivity index (χ2v) is 4.84. The van der Waals surface area contributed by atoms with E-state index in [9.17, 15) is 5.11 Å². The van der Waals surface area contributed by atoms with E-state index in [1.807, 2.05) is 24.3 Å².